The van der Waals surface area contributed by atoms with Crippen molar-refractivity contribution >= 4 is 11.8 Å². The van der Waals surface area contributed by atoms with Crippen LogP contribution in [0.25, 0.3) is 0 Å². The number of aliphatic carboxylic acids is 1. The van der Waals surface area contributed by atoms with Gasteiger partial charge in [0.2, 0.25) is 0 Å². The van der Waals surface area contributed by atoms with E-state index in [0.29, 0.717) is 18.5 Å². The number of hydrogen-bond acceptors (Lipinski definition) is 5. The first kappa shape index (κ1) is 15.7. The highest BCUT2D eigenvalue weighted by atomic mass is 16.4. The van der Waals surface area contributed by atoms with Crippen molar-refractivity contribution in [1.82, 2.24) is 14.9 Å². The number of hydrogen-bond donors (Lipinski definition) is 1. The normalized spacial score (nSPS) is 20.0. The van der Waals surface area contributed by atoms with Crippen molar-refractivity contribution in [3.05, 3.63) is 18.1 Å². The molecule has 1 unspecified atom stereocenters. The van der Waals surface area contributed by atoms with E-state index >= 15 is 0 Å². The zero-order valence-corrected chi connectivity index (χ0v) is 13.0. The van der Waals surface area contributed by atoms with Gasteiger partial charge in [0.15, 0.2) is 0 Å². The Hall–Kier alpha value is -1.69. The summed E-state index contributed by atoms with van der Waals surface area (Å²) in [6, 6.07) is 2.28. The monoisotopic (exact) mass is 292 g/mol. The first-order valence-corrected chi connectivity index (χ1v) is 7.51. The molecule has 0 aliphatic carbocycles. The van der Waals surface area contributed by atoms with Crippen LogP contribution >= 0.6 is 0 Å². The third kappa shape index (κ3) is 4.14. The molecule has 1 saturated heterocycles. The summed E-state index contributed by atoms with van der Waals surface area (Å²) in [6.45, 7) is 9.57. The smallest absolute Gasteiger partial charge is 0.304 e. The number of piperazine rings is 1. The van der Waals surface area contributed by atoms with E-state index in [1.54, 1.807) is 0 Å². The van der Waals surface area contributed by atoms with Crippen LogP contribution in [0.5, 0.6) is 0 Å². The van der Waals surface area contributed by atoms with Crippen LogP contribution in [-0.2, 0) is 4.79 Å². The minimum atomic E-state index is -0.734. The second-order valence-corrected chi connectivity index (χ2v) is 5.91. The number of aromatic nitrogens is 2. The number of carboxylic acid groups (broad SMARTS) is 1. The molecule has 1 aliphatic heterocycles. The molecule has 1 atom stereocenters. The van der Waals surface area contributed by atoms with Gasteiger partial charge in [-0.3, -0.25) is 9.69 Å². The molecule has 1 aromatic heterocycles. The highest BCUT2D eigenvalue weighted by molar-refractivity contribution is 5.66. The van der Waals surface area contributed by atoms with E-state index in [2.05, 4.69) is 40.5 Å². The zero-order chi connectivity index (χ0) is 15.4. The van der Waals surface area contributed by atoms with E-state index in [1.807, 2.05) is 12.3 Å². The van der Waals surface area contributed by atoms with E-state index in [4.69, 9.17) is 5.11 Å². The van der Waals surface area contributed by atoms with E-state index in [0.717, 1.165) is 31.3 Å². The van der Waals surface area contributed by atoms with E-state index < -0.39 is 5.97 Å². The number of carboxylic acids is 1. The van der Waals surface area contributed by atoms with E-state index in [9.17, 15) is 4.79 Å². The summed E-state index contributed by atoms with van der Waals surface area (Å²) in [4.78, 5) is 24.1. The van der Waals surface area contributed by atoms with Gasteiger partial charge in [-0.2, -0.15) is 0 Å². The lowest BCUT2D eigenvalue weighted by molar-refractivity contribution is -0.137. The summed E-state index contributed by atoms with van der Waals surface area (Å²) in [5.41, 5.74) is 0. The Kier molecular flexibility index (Phi) is 5.12. The van der Waals surface area contributed by atoms with Crippen molar-refractivity contribution in [1.29, 1.82) is 0 Å². The van der Waals surface area contributed by atoms with Crippen molar-refractivity contribution in [3.8, 4) is 0 Å². The average molecular weight is 292 g/mol. The molecule has 0 saturated carbocycles. The standard InChI is InChI=1S/C15H24N4O2/c1-11(2)15-16-6-4-13(17-15)19-9-8-18(10-12(19)3)7-5-14(20)21/h4,6,11-12H,5,7-10H2,1-3H3,(H,20,21). The molecule has 1 aliphatic rings. The fraction of sp³-hybridized carbons (Fsp3) is 0.667. The average Bonchev–Trinajstić information content (AvgIpc) is 2.45. The van der Waals surface area contributed by atoms with Gasteiger partial charge in [-0.25, -0.2) is 9.97 Å². The summed E-state index contributed by atoms with van der Waals surface area (Å²) < 4.78 is 0. The summed E-state index contributed by atoms with van der Waals surface area (Å²) in [7, 11) is 0. The first-order chi connectivity index (χ1) is 9.97. The molecule has 1 aromatic rings. The fourth-order valence-electron chi connectivity index (χ4n) is 2.63. The lowest BCUT2D eigenvalue weighted by atomic mass is 10.1. The zero-order valence-electron chi connectivity index (χ0n) is 13.0. The first-order valence-electron chi connectivity index (χ1n) is 7.51. The molecule has 0 radical (unpaired) electrons. The fourth-order valence-corrected chi connectivity index (χ4v) is 2.63. The predicted octanol–water partition coefficient (Wildman–Crippen LogP) is 1.59. The second-order valence-electron chi connectivity index (χ2n) is 5.91. The topological polar surface area (TPSA) is 69.6 Å². The Bertz CT molecular complexity index is 492. The number of anilines is 1. The molecular formula is C15H24N4O2. The largest absolute Gasteiger partial charge is 0.481 e. The Morgan fingerprint density at radius 1 is 1.48 bits per heavy atom. The molecule has 21 heavy (non-hydrogen) atoms. The second kappa shape index (κ2) is 6.85. The van der Waals surface area contributed by atoms with Crippen LogP contribution in [0.3, 0.4) is 0 Å². The minimum absolute atomic E-state index is 0.206. The third-order valence-electron chi connectivity index (χ3n) is 3.82. The van der Waals surface area contributed by atoms with Gasteiger partial charge in [-0.15, -0.1) is 0 Å². The van der Waals surface area contributed by atoms with Crippen LogP contribution in [0.15, 0.2) is 12.3 Å². The van der Waals surface area contributed by atoms with Gasteiger partial charge >= 0.3 is 5.97 Å². The molecule has 0 aromatic carbocycles. The van der Waals surface area contributed by atoms with Crippen LogP contribution in [0.1, 0.15) is 38.9 Å². The molecule has 1 N–H and O–H groups in total. The Balaban J connectivity index is 2.00. The summed E-state index contributed by atoms with van der Waals surface area (Å²) in [5.74, 6) is 1.42. The van der Waals surface area contributed by atoms with Gasteiger partial charge in [0.1, 0.15) is 11.6 Å². The van der Waals surface area contributed by atoms with E-state index in [-0.39, 0.29) is 6.42 Å². The molecule has 116 valence electrons. The molecule has 0 bridgehead atoms. The van der Waals surface area contributed by atoms with Crippen molar-refractivity contribution in [2.75, 3.05) is 31.1 Å². The maximum Gasteiger partial charge on any atom is 0.304 e. The third-order valence-corrected chi connectivity index (χ3v) is 3.82. The van der Waals surface area contributed by atoms with Gasteiger partial charge in [0.25, 0.3) is 0 Å². The molecule has 0 amide bonds. The van der Waals surface area contributed by atoms with Crippen LogP contribution in [0, 0.1) is 0 Å². The van der Waals surface area contributed by atoms with Crippen molar-refractivity contribution < 1.29 is 9.90 Å². The predicted molar refractivity (Wildman–Crippen MR) is 81.6 cm³/mol. The molecule has 2 heterocycles. The summed E-state index contributed by atoms with van der Waals surface area (Å²) in [6.07, 6.45) is 2.03. The molecule has 6 nitrogen and oxygen atoms in total. The van der Waals surface area contributed by atoms with Crippen molar-refractivity contribution in [3.63, 3.8) is 0 Å². The van der Waals surface area contributed by atoms with Gasteiger partial charge in [0.05, 0.1) is 6.42 Å². The number of carbonyl (C=O) groups is 1. The molecule has 0 spiro atoms. The van der Waals surface area contributed by atoms with Gasteiger partial charge in [0, 0.05) is 44.3 Å². The molecular weight excluding hydrogens is 268 g/mol. The Labute approximate surface area is 125 Å². The Morgan fingerprint density at radius 3 is 2.86 bits per heavy atom. The summed E-state index contributed by atoms with van der Waals surface area (Å²) in [5, 5.41) is 8.77. The molecule has 1 fully saturated rings. The van der Waals surface area contributed by atoms with Crippen molar-refractivity contribution in [2.24, 2.45) is 0 Å². The highest BCUT2D eigenvalue weighted by Gasteiger charge is 2.25. The van der Waals surface area contributed by atoms with Crippen LogP contribution in [0.2, 0.25) is 0 Å². The maximum absolute atomic E-state index is 10.7. The number of rotatable bonds is 5. The van der Waals surface area contributed by atoms with Crippen LogP contribution in [0.4, 0.5) is 5.82 Å². The molecule has 6 heteroatoms. The lowest BCUT2D eigenvalue weighted by Crippen LogP contribution is -2.52. The van der Waals surface area contributed by atoms with Gasteiger partial charge in [-0.1, -0.05) is 13.8 Å². The quantitative estimate of drug-likeness (QED) is 0.888. The van der Waals surface area contributed by atoms with Gasteiger partial charge < -0.3 is 10.0 Å². The van der Waals surface area contributed by atoms with Gasteiger partial charge in [-0.05, 0) is 13.0 Å². The van der Waals surface area contributed by atoms with Crippen molar-refractivity contribution in [2.45, 2.75) is 39.2 Å². The van der Waals surface area contributed by atoms with Crippen LogP contribution in [-0.4, -0.2) is 58.2 Å². The summed E-state index contributed by atoms with van der Waals surface area (Å²) >= 11 is 0. The SMILES string of the molecule is CC(C)c1nccc(N2CCN(CCC(=O)O)CC2C)n1. The minimum Gasteiger partial charge on any atom is -0.481 e. The highest BCUT2D eigenvalue weighted by Crippen LogP contribution is 2.20. The Morgan fingerprint density at radius 2 is 2.24 bits per heavy atom. The molecule has 2 rings (SSSR count). The maximum atomic E-state index is 10.7. The van der Waals surface area contributed by atoms with Crippen LogP contribution < -0.4 is 4.90 Å². The lowest BCUT2D eigenvalue weighted by Gasteiger charge is -2.40. The number of nitrogens with zero attached hydrogens (tertiary/aromatic N) is 4. The van der Waals surface area contributed by atoms with E-state index in [1.165, 1.54) is 0 Å².